The van der Waals surface area contributed by atoms with Crippen LogP contribution in [0.3, 0.4) is 0 Å². The molecule has 0 unspecified atom stereocenters. The monoisotopic (exact) mass is 378 g/mol. The molecule has 138 valence electrons. The molecule has 0 atom stereocenters. The lowest BCUT2D eigenvalue weighted by atomic mass is 10.1. The van der Waals surface area contributed by atoms with Crippen LogP contribution in [0.5, 0.6) is 5.75 Å². The van der Waals surface area contributed by atoms with Gasteiger partial charge in [-0.15, -0.1) is 0 Å². The van der Waals surface area contributed by atoms with Gasteiger partial charge in [0.1, 0.15) is 11.6 Å². The zero-order valence-corrected chi connectivity index (χ0v) is 15.1. The first-order chi connectivity index (χ1) is 12.5. The van der Waals surface area contributed by atoms with Gasteiger partial charge in [0.05, 0.1) is 10.6 Å². The lowest BCUT2D eigenvalue weighted by Crippen LogP contribution is -2.37. The number of halogens is 2. The number of benzene rings is 2. The van der Waals surface area contributed by atoms with E-state index in [2.05, 4.69) is 10.6 Å². The Morgan fingerprint density at radius 3 is 2.54 bits per heavy atom. The van der Waals surface area contributed by atoms with E-state index in [9.17, 15) is 14.0 Å². The fraction of sp³-hybridized carbons (Fsp3) is 0.263. The third-order valence-corrected chi connectivity index (χ3v) is 3.95. The number of aryl methyl sites for hydroxylation is 1. The van der Waals surface area contributed by atoms with Gasteiger partial charge in [0, 0.05) is 13.1 Å². The summed E-state index contributed by atoms with van der Waals surface area (Å²) in [6.07, 6.45) is 0.808. The van der Waals surface area contributed by atoms with Crippen molar-refractivity contribution in [2.45, 2.75) is 13.3 Å². The molecule has 0 aliphatic rings. The average molecular weight is 379 g/mol. The largest absolute Gasteiger partial charge is 0.483 e. The highest BCUT2D eigenvalue weighted by molar-refractivity contribution is 6.33. The molecule has 5 nitrogen and oxygen atoms in total. The zero-order valence-electron chi connectivity index (χ0n) is 14.4. The SMILES string of the molecule is CCc1ccccc1OCC(=O)NCCNC(=O)c1c(F)cccc1Cl. The first-order valence-corrected chi connectivity index (χ1v) is 8.60. The number of carbonyl (C=O) groups excluding carboxylic acids is 2. The Bertz CT molecular complexity index is 763. The number of para-hydroxylation sites is 1. The smallest absolute Gasteiger partial charge is 0.258 e. The van der Waals surface area contributed by atoms with Crippen LogP contribution in [-0.2, 0) is 11.2 Å². The number of carbonyl (C=O) groups is 2. The molecule has 2 N–H and O–H groups in total. The van der Waals surface area contributed by atoms with Crippen LogP contribution in [0, 0.1) is 5.82 Å². The zero-order chi connectivity index (χ0) is 18.9. The lowest BCUT2D eigenvalue weighted by molar-refractivity contribution is -0.123. The van der Waals surface area contributed by atoms with Gasteiger partial charge >= 0.3 is 0 Å². The van der Waals surface area contributed by atoms with Gasteiger partial charge in [-0.3, -0.25) is 9.59 Å². The third kappa shape index (κ3) is 5.46. The summed E-state index contributed by atoms with van der Waals surface area (Å²) in [5, 5.41) is 5.17. The van der Waals surface area contributed by atoms with Gasteiger partial charge in [-0.05, 0) is 30.2 Å². The summed E-state index contributed by atoms with van der Waals surface area (Å²) in [5.74, 6) is -0.959. The van der Waals surface area contributed by atoms with Crippen LogP contribution in [-0.4, -0.2) is 31.5 Å². The van der Waals surface area contributed by atoms with Crippen molar-refractivity contribution in [1.82, 2.24) is 10.6 Å². The molecule has 0 saturated carbocycles. The molecular weight excluding hydrogens is 359 g/mol. The van der Waals surface area contributed by atoms with Crippen molar-refractivity contribution in [2.75, 3.05) is 19.7 Å². The Morgan fingerprint density at radius 2 is 1.81 bits per heavy atom. The van der Waals surface area contributed by atoms with E-state index >= 15 is 0 Å². The Hall–Kier alpha value is -2.60. The molecule has 0 aliphatic carbocycles. The minimum absolute atomic E-state index is 0.0366. The second kappa shape index (κ2) is 9.77. The molecule has 7 heteroatoms. The van der Waals surface area contributed by atoms with E-state index in [4.69, 9.17) is 16.3 Å². The van der Waals surface area contributed by atoms with E-state index in [1.807, 2.05) is 31.2 Å². The summed E-state index contributed by atoms with van der Waals surface area (Å²) in [5.41, 5.74) is 0.814. The van der Waals surface area contributed by atoms with E-state index < -0.39 is 11.7 Å². The molecule has 26 heavy (non-hydrogen) atoms. The minimum Gasteiger partial charge on any atom is -0.483 e. The highest BCUT2D eigenvalue weighted by Gasteiger charge is 2.15. The van der Waals surface area contributed by atoms with E-state index in [1.54, 1.807) is 0 Å². The van der Waals surface area contributed by atoms with Crippen LogP contribution in [0.4, 0.5) is 4.39 Å². The second-order valence-electron chi connectivity index (χ2n) is 5.45. The third-order valence-electron chi connectivity index (χ3n) is 3.63. The molecule has 0 heterocycles. The molecule has 2 rings (SSSR count). The highest BCUT2D eigenvalue weighted by atomic mass is 35.5. The molecule has 2 aromatic carbocycles. The Morgan fingerprint density at radius 1 is 1.08 bits per heavy atom. The van der Waals surface area contributed by atoms with Crippen molar-refractivity contribution in [3.63, 3.8) is 0 Å². The highest BCUT2D eigenvalue weighted by Crippen LogP contribution is 2.19. The molecule has 0 spiro atoms. The van der Waals surface area contributed by atoms with Gasteiger partial charge in [0.15, 0.2) is 6.61 Å². The first-order valence-electron chi connectivity index (χ1n) is 8.22. The second-order valence-corrected chi connectivity index (χ2v) is 5.86. The van der Waals surface area contributed by atoms with Gasteiger partial charge in [0.25, 0.3) is 11.8 Å². The standard InChI is InChI=1S/C19H20ClFN2O3/c1-2-13-6-3-4-9-16(13)26-12-17(24)22-10-11-23-19(25)18-14(20)7-5-8-15(18)21/h3-9H,2,10-12H2,1H3,(H,22,24)(H,23,25). The van der Waals surface area contributed by atoms with Crippen LogP contribution in [0.1, 0.15) is 22.8 Å². The first kappa shape index (κ1) is 19.7. The summed E-state index contributed by atoms with van der Waals surface area (Å²) < 4.78 is 19.1. The number of hydrogen-bond acceptors (Lipinski definition) is 3. The molecular formula is C19H20ClFN2O3. The van der Waals surface area contributed by atoms with E-state index in [0.29, 0.717) is 5.75 Å². The summed E-state index contributed by atoms with van der Waals surface area (Å²) in [6, 6.07) is 11.5. The molecule has 0 radical (unpaired) electrons. The summed E-state index contributed by atoms with van der Waals surface area (Å²) >= 11 is 5.82. The topological polar surface area (TPSA) is 67.4 Å². The maximum absolute atomic E-state index is 13.6. The van der Waals surface area contributed by atoms with Crippen molar-refractivity contribution in [1.29, 1.82) is 0 Å². The summed E-state index contributed by atoms with van der Waals surface area (Å²) in [4.78, 5) is 23.7. The van der Waals surface area contributed by atoms with Crippen LogP contribution >= 0.6 is 11.6 Å². The van der Waals surface area contributed by atoms with Crippen LogP contribution in [0.25, 0.3) is 0 Å². The molecule has 0 bridgehead atoms. The number of nitrogens with one attached hydrogen (secondary N) is 2. The van der Waals surface area contributed by atoms with Gasteiger partial charge in [0.2, 0.25) is 0 Å². The van der Waals surface area contributed by atoms with Crippen LogP contribution in [0.2, 0.25) is 5.02 Å². The van der Waals surface area contributed by atoms with Gasteiger partial charge < -0.3 is 15.4 Å². The number of hydrogen-bond donors (Lipinski definition) is 2. The van der Waals surface area contributed by atoms with Crippen LogP contribution in [0.15, 0.2) is 42.5 Å². The summed E-state index contributed by atoms with van der Waals surface area (Å²) in [6.45, 7) is 2.22. The molecule has 0 saturated heterocycles. The van der Waals surface area contributed by atoms with Crippen molar-refractivity contribution in [3.8, 4) is 5.75 Å². The normalized spacial score (nSPS) is 10.3. The van der Waals surface area contributed by atoms with E-state index in [-0.39, 0.29) is 36.2 Å². The van der Waals surface area contributed by atoms with Crippen molar-refractivity contribution in [2.24, 2.45) is 0 Å². The maximum Gasteiger partial charge on any atom is 0.258 e. The van der Waals surface area contributed by atoms with Gasteiger partial charge in [-0.25, -0.2) is 4.39 Å². The minimum atomic E-state index is -0.693. The van der Waals surface area contributed by atoms with Gasteiger partial charge in [-0.1, -0.05) is 42.8 Å². The predicted molar refractivity (Wildman–Crippen MR) is 98.1 cm³/mol. The molecule has 0 aliphatic heterocycles. The number of ether oxygens (including phenoxy) is 1. The Balaban J connectivity index is 1.72. The lowest BCUT2D eigenvalue weighted by Gasteiger charge is -2.11. The molecule has 0 aromatic heterocycles. The predicted octanol–water partition coefficient (Wildman–Crippen LogP) is 2.97. The molecule has 0 fully saturated rings. The average Bonchev–Trinajstić information content (AvgIpc) is 2.63. The fourth-order valence-electron chi connectivity index (χ4n) is 2.31. The van der Waals surface area contributed by atoms with Crippen molar-refractivity contribution in [3.05, 3.63) is 64.4 Å². The maximum atomic E-state index is 13.6. The quantitative estimate of drug-likeness (QED) is 0.694. The van der Waals surface area contributed by atoms with Gasteiger partial charge in [-0.2, -0.15) is 0 Å². The number of amides is 2. The van der Waals surface area contributed by atoms with E-state index in [1.165, 1.54) is 12.1 Å². The van der Waals surface area contributed by atoms with Crippen molar-refractivity contribution < 1.29 is 18.7 Å². The van der Waals surface area contributed by atoms with Crippen LogP contribution < -0.4 is 15.4 Å². The summed E-state index contributed by atoms with van der Waals surface area (Å²) in [7, 11) is 0. The Labute approximate surface area is 156 Å². The van der Waals surface area contributed by atoms with E-state index in [0.717, 1.165) is 18.1 Å². The Kier molecular flexibility index (Phi) is 7.41. The van der Waals surface area contributed by atoms with Crippen molar-refractivity contribution >= 4 is 23.4 Å². The molecule has 2 aromatic rings. The molecule has 2 amide bonds. The fourth-order valence-corrected chi connectivity index (χ4v) is 2.56. The number of rotatable bonds is 8.